The topological polar surface area (TPSA) is 116 Å². The average Bonchev–Trinajstić information content (AvgIpc) is 2.79. The first-order valence-corrected chi connectivity index (χ1v) is 13.4. The fraction of sp³-hybridized carbons (Fsp3) is 0.545. The molecule has 1 aromatic carbocycles. The maximum absolute atomic E-state index is 12.6. The summed E-state index contributed by atoms with van der Waals surface area (Å²) in [4.78, 5) is 8.86. The minimum atomic E-state index is -3.59. The second kappa shape index (κ2) is 13.7. The highest BCUT2D eigenvalue weighted by molar-refractivity contribution is 9.10. The van der Waals surface area contributed by atoms with Crippen molar-refractivity contribution in [3.8, 4) is 0 Å². The van der Waals surface area contributed by atoms with Crippen LogP contribution >= 0.6 is 15.9 Å². The summed E-state index contributed by atoms with van der Waals surface area (Å²) in [5, 5.41) is 15.6. The zero-order valence-corrected chi connectivity index (χ0v) is 21.2. The number of nitrogens with one attached hydrogen (secondary N) is 3. The lowest BCUT2D eigenvalue weighted by molar-refractivity contribution is 0.271. The summed E-state index contributed by atoms with van der Waals surface area (Å²) in [6.07, 6.45) is 8.95. The van der Waals surface area contributed by atoms with Gasteiger partial charge in [-0.25, -0.2) is 18.1 Å². The number of aliphatic hydroxyl groups is 1. The number of aromatic nitrogens is 2. The van der Waals surface area contributed by atoms with E-state index < -0.39 is 10.0 Å². The van der Waals surface area contributed by atoms with Gasteiger partial charge in [0.1, 0.15) is 5.82 Å². The van der Waals surface area contributed by atoms with Crippen LogP contribution < -0.4 is 15.4 Å². The van der Waals surface area contributed by atoms with Gasteiger partial charge >= 0.3 is 0 Å². The molecular formula is C22H34BrN5O3S. The smallest absolute Gasteiger partial charge is 0.240 e. The molecule has 0 aliphatic heterocycles. The molecule has 1 aromatic heterocycles. The van der Waals surface area contributed by atoms with Crippen molar-refractivity contribution in [3.63, 3.8) is 0 Å². The SMILES string of the molecule is CCCCCCCCNS(=O)(=O)c1cccc(Nc2ncc(Br)c(N[C@H](CC)CO)n2)c1. The number of sulfonamides is 1. The summed E-state index contributed by atoms with van der Waals surface area (Å²) in [7, 11) is -3.59. The maximum Gasteiger partial charge on any atom is 0.240 e. The van der Waals surface area contributed by atoms with E-state index in [1.54, 1.807) is 30.5 Å². The van der Waals surface area contributed by atoms with Crippen molar-refractivity contribution in [1.82, 2.24) is 14.7 Å². The van der Waals surface area contributed by atoms with E-state index in [2.05, 4.69) is 48.2 Å². The van der Waals surface area contributed by atoms with Crippen LogP contribution in [0.2, 0.25) is 0 Å². The molecule has 0 aliphatic rings. The Morgan fingerprint density at radius 2 is 1.88 bits per heavy atom. The number of halogens is 1. The van der Waals surface area contributed by atoms with Gasteiger partial charge in [-0.3, -0.25) is 0 Å². The molecule has 0 saturated carbocycles. The Bertz CT molecular complexity index is 939. The lowest BCUT2D eigenvalue weighted by Crippen LogP contribution is -2.24. The molecule has 4 N–H and O–H groups in total. The van der Waals surface area contributed by atoms with E-state index >= 15 is 0 Å². The Morgan fingerprint density at radius 3 is 2.59 bits per heavy atom. The summed E-state index contributed by atoms with van der Waals surface area (Å²) in [6.45, 7) is 4.56. The van der Waals surface area contributed by atoms with Crippen LogP contribution in [0.1, 0.15) is 58.8 Å². The standard InChI is InChI=1S/C22H34BrN5O3S/c1-3-5-6-7-8-9-13-25-32(30,31)19-12-10-11-18(14-19)27-22-24-15-20(23)21(28-22)26-17(4-2)16-29/h10-12,14-15,17,25,29H,3-9,13,16H2,1-2H3,(H2,24,26,27,28)/t17-/m1/s1. The van der Waals surface area contributed by atoms with Crippen molar-refractivity contribution >= 4 is 43.4 Å². The molecule has 1 heterocycles. The Hall–Kier alpha value is -1.75. The van der Waals surface area contributed by atoms with Gasteiger partial charge in [0.15, 0.2) is 0 Å². The first-order valence-electron chi connectivity index (χ1n) is 11.2. The van der Waals surface area contributed by atoms with Crippen molar-refractivity contribution in [2.75, 3.05) is 23.8 Å². The number of rotatable bonds is 15. The van der Waals surface area contributed by atoms with Gasteiger partial charge in [-0.05, 0) is 47.0 Å². The number of nitrogens with zero attached hydrogens (tertiary/aromatic N) is 2. The van der Waals surface area contributed by atoms with E-state index in [1.807, 2.05) is 6.92 Å². The first kappa shape index (κ1) is 26.5. The van der Waals surface area contributed by atoms with Crippen LogP contribution in [0.25, 0.3) is 0 Å². The normalized spacial score (nSPS) is 12.5. The first-order chi connectivity index (χ1) is 15.4. The largest absolute Gasteiger partial charge is 0.394 e. The Morgan fingerprint density at radius 1 is 1.12 bits per heavy atom. The predicted molar refractivity (Wildman–Crippen MR) is 133 cm³/mol. The van der Waals surface area contributed by atoms with E-state index in [9.17, 15) is 13.5 Å². The highest BCUT2D eigenvalue weighted by Crippen LogP contribution is 2.24. The van der Waals surface area contributed by atoms with Crippen molar-refractivity contribution < 1.29 is 13.5 Å². The van der Waals surface area contributed by atoms with Gasteiger partial charge in [-0.1, -0.05) is 52.0 Å². The third-order valence-corrected chi connectivity index (χ3v) is 7.06. The van der Waals surface area contributed by atoms with Gasteiger partial charge in [0.2, 0.25) is 16.0 Å². The summed E-state index contributed by atoms with van der Waals surface area (Å²) in [5.41, 5.74) is 0.565. The molecule has 178 valence electrons. The van der Waals surface area contributed by atoms with Crippen LogP contribution in [0.4, 0.5) is 17.5 Å². The lowest BCUT2D eigenvalue weighted by Gasteiger charge is -2.16. The van der Waals surface area contributed by atoms with Gasteiger partial charge in [0.25, 0.3) is 0 Å². The molecule has 10 heteroatoms. The van der Waals surface area contributed by atoms with E-state index in [-0.39, 0.29) is 17.5 Å². The molecule has 0 fully saturated rings. The third kappa shape index (κ3) is 8.65. The Kier molecular flexibility index (Phi) is 11.4. The zero-order chi connectivity index (χ0) is 23.4. The lowest BCUT2D eigenvalue weighted by atomic mass is 10.1. The van der Waals surface area contributed by atoms with Gasteiger partial charge in [-0.15, -0.1) is 0 Å². The quantitative estimate of drug-likeness (QED) is 0.245. The summed E-state index contributed by atoms with van der Waals surface area (Å²) >= 11 is 3.40. The van der Waals surface area contributed by atoms with E-state index in [4.69, 9.17) is 0 Å². The van der Waals surface area contributed by atoms with Gasteiger partial charge in [-0.2, -0.15) is 4.98 Å². The highest BCUT2D eigenvalue weighted by atomic mass is 79.9. The molecule has 0 amide bonds. The van der Waals surface area contributed by atoms with Crippen molar-refractivity contribution in [2.45, 2.75) is 69.7 Å². The molecule has 2 rings (SSSR count). The third-order valence-electron chi connectivity index (χ3n) is 5.02. The number of hydrogen-bond donors (Lipinski definition) is 4. The number of unbranched alkanes of at least 4 members (excludes halogenated alkanes) is 5. The predicted octanol–water partition coefficient (Wildman–Crippen LogP) is 4.80. The second-order valence-corrected chi connectivity index (χ2v) is 10.3. The van der Waals surface area contributed by atoms with Crippen molar-refractivity contribution in [2.24, 2.45) is 0 Å². The van der Waals surface area contributed by atoms with Crippen LogP contribution in [0, 0.1) is 0 Å². The van der Waals surface area contributed by atoms with Gasteiger partial charge in [0.05, 0.1) is 22.0 Å². The van der Waals surface area contributed by atoms with E-state index in [0.29, 0.717) is 28.5 Å². The zero-order valence-electron chi connectivity index (χ0n) is 18.8. The molecule has 8 nitrogen and oxygen atoms in total. The summed E-state index contributed by atoms with van der Waals surface area (Å²) in [5.74, 6) is 0.867. The monoisotopic (exact) mass is 527 g/mol. The van der Waals surface area contributed by atoms with Crippen LogP contribution in [-0.4, -0.2) is 42.7 Å². The van der Waals surface area contributed by atoms with Crippen LogP contribution in [0.5, 0.6) is 0 Å². The van der Waals surface area contributed by atoms with Crippen LogP contribution in [-0.2, 0) is 10.0 Å². The molecule has 2 aromatic rings. The maximum atomic E-state index is 12.6. The number of benzene rings is 1. The molecule has 0 aliphatic carbocycles. The molecule has 0 bridgehead atoms. The minimum absolute atomic E-state index is 0.0126. The molecule has 0 radical (unpaired) electrons. The Labute approximate surface area is 199 Å². The molecule has 0 unspecified atom stereocenters. The molecule has 32 heavy (non-hydrogen) atoms. The Balaban J connectivity index is 2.00. The molecule has 0 saturated heterocycles. The van der Waals surface area contributed by atoms with E-state index in [1.165, 1.54) is 19.3 Å². The fourth-order valence-corrected chi connectivity index (χ4v) is 4.49. The second-order valence-electron chi connectivity index (χ2n) is 7.64. The molecule has 1 atom stereocenters. The summed E-state index contributed by atoms with van der Waals surface area (Å²) < 4.78 is 28.6. The fourth-order valence-electron chi connectivity index (χ4n) is 3.06. The van der Waals surface area contributed by atoms with Gasteiger partial charge in [0, 0.05) is 18.4 Å². The number of aliphatic hydroxyl groups excluding tert-OH is 1. The molecular weight excluding hydrogens is 494 g/mol. The highest BCUT2D eigenvalue weighted by Gasteiger charge is 2.15. The number of anilines is 3. The van der Waals surface area contributed by atoms with Crippen LogP contribution in [0.15, 0.2) is 39.8 Å². The van der Waals surface area contributed by atoms with Crippen molar-refractivity contribution in [3.05, 3.63) is 34.9 Å². The molecule has 0 spiro atoms. The van der Waals surface area contributed by atoms with E-state index in [0.717, 1.165) is 25.7 Å². The average molecular weight is 529 g/mol. The number of hydrogen-bond acceptors (Lipinski definition) is 7. The minimum Gasteiger partial charge on any atom is -0.394 e. The van der Waals surface area contributed by atoms with Crippen LogP contribution in [0.3, 0.4) is 0 Å². The van der Waals surface area contributed by atoms with Gasteiger partial charge < -0.3 is 15.7 Å². The van der Waals surface area contributed by atoms with Crippen molar-refractivity contribution in [1.29, 1.82) is 0 Å². The summed E-state index contributed by atoms with van der Waals surface area (Å²) in [6, 6.07) is 6.44.